The normalized spacial score (nSPS) is 19.9. The number of fused-ring (bicyclic) bond motifs is 1. The maximum absolute atomic E-state index is 13.0. The predicted molar refractivity (Wildman–Crippen MR) is 93.5 cm³/mol. The lowest BCUT2D eigenvalue weighted by molar-refractivity contribution is 0.0635. The van der Waals surface area contributed by atoms with Crippen LogP contribution >= 0.6 is 11.3 Å². The van der Waals surface area contributed by atoms with Crippen LogP contribution in [0.5, 0.6) is 0 Å². The van der Waals surface area contributed by atoms with Crippen molar-refractivity contribution in [3.05, 3.63) is 93.7 Å². The van der Waals surface area contributed by atoms with Gasteiger partial charge in [-0.1, -0.05) is 54.6 Å². The van der Waals surface area contributed by atoms with Gasteiger partial charge >= 0.3 is 0 Å². The van der Waals surface area contributed by atoms with E-state index in [4.69, 9.17) is 0 Å². The SMILES string of the molecule is CC1(c2cccs2)c2ccccc2C(=O)N1Cc1ccccc1. The van der Waals surface area contributed by atoms with Crippen molar-refractivity contribution in [2.75, 3.05) is 0 Å². The van der Waals surface area contributed by atoms with E-state index in [-0.39, 0.29) is 5.91 Å². The molecule has 3 aromatic rings. The number of rotatable bonds is 3. The van der Waals surface area contributed by atoms with E-state index in [0.717, 1.165) is 16.7 Å². The van der Waals surface area contributed by atoms with Crippen LogP contribution in [0.2, 0.25) is 0 Å². The molecule has 2 nitrogen and oxygen atoms in total. The second kappa shape index (κ2) is 5.36. The van der Waals surface area contributed by atoms with Gasteiger partial charge in [-0.15, -0.1) is 11.3 Å². The highest BCUT2D eigenvalue weighted by atomic mass is 32.1. The number of thiophene rings is 1. The van der Waals surface area contributed by atoms with Gasteiger partial charge in [0, 0.05) is 17.0 Å². The number of carbonyl (C=O) groups excluding carboxylic acids is 1. The molecule has 1 unspecified atom stereocenters. The number of hydrogen-bond acceptors (Lipinski definition) is 2. The quantitative estimate of drug-likeness (QED) is 0.687. The number of carbonyl (C=O) groups is 1. The van der Waals surface area contributed by atoms with E-state index in [1.165, 1.54) is 4.88 Å². The first-order valence-electron chi connectivity index (χ1n) is 7.70. The molecule has 0 saturated heterocycles. The van der Waals surface area contributed by atoms with E-state index in [1.54, 1.807) is 11.3 Å². The third-order valence-electron chi connectivity index (χ3n) is 4.65. The largest absolute Gasteiger partial charge is 0.320 e. The standard InChI is InChI=1S/C20H17NOS/c1-20(18-12-7-13-23-18)17-11-6-5-10-16(17)19(22)21(20)14-15-8-3-2-4-9-15/h2-13H,14H2,1H3. The lowest BCUT2D eigenvalue weighted by Crippen LogP contribution is -2.41. The molecule has 1 aliphatic heterocycles. The summed E-state index contributed by atoms with van der Waals surface area (Å²) < 4.78 is 0. The van der Waals surface area contributed by atoms with Crippen LogP contribution < -0.4 is 0 Å². The molecule has 1 aromatic heterocycles. The van der Waals surface area contributed by atoms with Gasteiger partial charge in [0.2, 0.25) is 0 Å². The Kier molecular flexibility index (Phi) is 3.31. The third kappa shape index (κ3) is 2.12. The van der Waals surface area contributed by atoms with Crippen LogP contribution in [-0.4, -0.2) is 10.8 Å². The Morgan fingerprint density at radius 2 is 1.70 bits per heavy atom. The van der Waals surface area contributed by atoms with Gasteiger partial charge in [-0.3, -0.25) is 4.79 Å². The molecular weight excluding hydrogens is 302 g/mol. The van der Waals surface area contributed by atoms with E-state index < -0.39 is 5.54 Å². The third-order valence-corrected chi connectivity index (χ3v) is 5.73. The molecule has 2 heterocycles. The lowest BCUT2D eigenvalue weighted by Gasteiger charge is -2.35. The summed E-state index contributed by atoms with van der Waals surface area (Å²) in [6.45, 7) is 2.77. The molecule has 0 radical (unpaired) electrons. The Hall–Kier alpha value is -2.39. The maximum atomic E-state index is 13.0. The molecule has 3 heteroatoms. The van der Waals surface area contributed by atoms with E-state index in [0.29, 0.717) is 6.54 Å². The first kappa shape index (κ1) is 14.2. The fraction of sp³-hybridized carbons (Fsp3) is 0.150. The van der Waals surface area contributed by atoms with Gasteiger partial charge in [-0.25, -0.2) is 0 Å². The van der Waals surface area contributed by atoms with Crippen LogP contribution in [0, 0.1) is 0 Å². The molecule has 114 valence electrons. The Bertz CT molecular complexity index is 841. The first-order valence-corrected chi connectivity index (χ1v) is 8.58. The summed E-state index contributed by atoms with van der Waals surface area (Å²) in [5, 5.41) is 2.08. The van der Waals surface area contributed by atoms with Crippen molar-refractivity contribution < 1.29 is 4.79 Å². The van der Waals surface area contributed by atoms with Crippen molar-refractivity contribution in [3.8, 4) is 0 Å². The first-order chi connectivity index (χ1) is 11.2. The summed E-state index contributed by atoms with van der Waals surface area (Å²) in [5.41, 5.74) is 2.66. The average Bonchev–Trinajstić information content (AvgIpc) is 3.20. The van der Waals surface area contributed by atoms with Gasteiger partial charge in [0.15, 0.2) is 0 Å². The molecule has 0 bridgehead atoms. The minimum atomic E-state index is -0.405. The van der Waals surface area contributed by atoms with E-state index >= 15 is 0 Å². The van der Waals surface area contributed by atoms with Crippen LogP contribution in [0.15, 0.2) is 72.1 Å². The zero-order chi connectivity index (χ0) is 15.9. The van der Waals surface area contributed by atoms with Crippen molar-refractivity contribution >= 4 is 17.2 Å². The zero-order valence-corrected chi connectivity index (χ0v) is 13.7. The lowest BCUT2D eigenvalue weighted by atomic mass is 9.90. The highest BCUT2D eigenvalue weighted by molar-refractivity contribution is 7.10. The second-order valence-electron chi connectivity index (χ2n) is 5.97. The van der Waals surface area contributed by atoms with Crippen molar-refractivity contribution in [1.29, 1.82) is 0 Å². The molecule has 2 aromatic carbocycles. The van der Waals surface area contributed by atoms with Crippen LogP contribution in [0.25, 0.3) is 0 Å². The summed E-state index contributed by atoms with van der Waals surface area (Å²) in [6, 6.07) is 22.3. The molecule has 1 atom stereocenters. The molecule has 0 saturated carbocycles. The van der Waals surface area contributed by atoms with Gasteiger partial charge in [0.05, 0.1) is 0 Å². The fourth-order valence-corrected chi connectivity index (χ4v) is 4.32. The van der Waals surface area contributed by atoms with E-state index in [2.05, 4.69) is 42.6 Å². The minimum absolute atomic E-state index is 0.111. The van der Waals surface area contributed by atoms with Crippen LogP contribution in [0.1, 0.15) is 33.3 Å². The molecule has 0 fully saturated rings. The Morgan fingerprint density at radius 1 is 0.957 bits per heavy atom. The van der Waals surface area contributed by atoms with Gasteiger partial charge < -0.3 is 4.90 Å². The molecule has 23 heavy (non-hydrogen) atoms. The number of benzene rings is 2. The maximum Gasteiger partial charge on any atom is 0.255 e. The van der Waals surface area contributed by atoms with Crippen molar-refractivity contribution in [2.24, 2.45) is 0 Å². The molecule has 0 aliphatic carbocycles. The monoisotopic (exact) mass is 319 g/mol. The number of amides is 1. The van der Waals surface area contributed by atoms with Crippen LogP contribution in [0.4, 0.5) is 0 Å². The molecular formula is C20H17NOS. The highest BCUT2D eigenvalue weighted by Crippen LogP contribution is 2.46. The van der Waals surface area contributed by atoms with E-state index in [9.17, 15) is 4.79 Å². The van der Waals surface area contributed by atoms with Crippen molar-refractivity contribution in [1.82, 2.24) is 4.90 Å². The molecule has 1 amide bonds. The van der Waals surface area contributed by atoms with Crippen LogP contribution in [-0.2, 0) is 12.1 Å². The summed E-state index contributed by atoms with van der Waals surface area (Å²) in [4.78, 5) is 16.2. The summed E-state index contributed by atoms with van der Waals surface area (Å²) in [6.07, 6.45) is 0. The predicted octanol–water partition coefficient (Wildman–Crippen LogP) is 4.67. The van der Waals surface area contributed by atoms with E-state index in [1.807, 2.05) is 41.3 Å². The fourth-order valence-electron chi connectivity index (χ4n) is 3.41. The smallest absolute Gasteiger partial charge is 0.255 e. The second-order valence-corrected chi connectivity index (χ2v) is 6.92. The van der Waals surface area contributed by atoms with Gasteiger partial charge in [-0.2, -0.15) is 0 Å². The Balaban J connectivity index is 1.86. The van der Waals surface area contributed by atoms with Gasteiger partial charge in [-0.05, 0) is 35.6 Å². The highest BCUT2D eigenvalue weighted by Gasteiger charge is 2.47. The molecule has 1 aliphatic rings. The number of hydrogen-bond donors (Lipinski definition) is 0. The summed E-state index contributed by atoms with van der Waals surface area (Å²) in [5.74, 6) is 0.111. The molecule has 0 spiro atoms. The molecule has 4 rings (SSSR count). The minimum Gasteiger partial charge on any atom is -0.320 e. The topological polar surface area (TPSA) is 20.3 Å². The molecule has 0 N–H and O–H groups in total. The summed E-state index contributed by atoms with van der Waals surface area (Å²) in [7, 11) is 0. The average molecular weight is 319 g/mol. The van der Waals surface area contributed by atoms with Crippen LogP contribution in [0.3, 0.4) is 0 Å². The Morgan fingerprint density at radius 3 is 2.43 bits per heavy atom. The van der Waals surface area contributed by atoms with Gasteiger partial charge in [0.25, 0.3) is 5.91 Å². The van der Waals surface area contributed by atoms with Crippen molar-refractivity contribution in [3.63, 3.8) is 0 Å². The van der Waals surface area contributed by atoms with Crippen molar-refractivity contribution in [2.45, 2.75) is 19.0 Å². The number of nitrogens with zero attached hydrogens (tertiary/aromatic N) is 1. The Labute approximate surface area is 140 Å². The summed E-state index contributed by atoms with van der Waals surface area (Å²) >= 11 is 1.71. The zero-order valence-electron chi connectivity index (χ0n) is 12.9. The van der Waals surface area contributed by atoms with Gasteiger partial charge in [0.1, 0.15) is 5.54 Å².